The van der Waals surface area contributed by atoms with Crippen LogP contribution in [0.2, 0.25) is 5.15 Å². The molecular formula is C14H11ClFIN2. The first-order valence-electron chi connectivity index (χ1n) is 6.10. The van der Waals surface area contributed by atoms with Gasteiger partial charge in [0.15, 0.2) is 0 Å². The number of aromatic nitrogens is 2. The third-order valence-electron chi connectivity index (χ3n) is 3.12. The predicted molar refractivity (Wildman–Crippen MR) is 80.9 cm³/mol. The van der Waals surface area contributed by atoms with Gasteiger partial charge < -0.3 is 0 Å². The van der Waals surface area contributed by atoms with Crippen molar-refractivity contribution in [1.29, 1.82) is 0 Å². The normalized spacial score (nSPS) is 14.7. The van der Waals surface area contributed by atoms with Crippen molar-refractivity contribution >= 4 is 34.2 Å². The second-order valence-corrected chi connectivity index (χ2v) is 6.14. The van der Waals surface area contributed by atoms with Crippen LogP contribution in [0, 0.1) is 9.39 Å². The number of hydrogen-bond donors (Lipinski definition) is 0. The van der Waals surface area contributed by atoms with E-state index >= 15 is 0 Å². The van der Waals surface area contributed by atoms with Crippen LogP contribution in [0.1, 0.15) is 35.8 Å². The molecular weight excluding hydrogens is 378 g/mol. The zero-order valence-corrected chi connectivity index (χ0v) is 12.9. The van der Waals surface area contributed by atoms with Crippen LogP contribution in [0.25, 0.3) is 0 Å². The van der Waals surface area contributed by atoms with Crippen LogP contribution < -0.4 is 0 Å². The summed E-state index contributed by atoms with van der Waals surface area (Å²) in [6.07, 6.45) is 2.94. The maximum atomic E-state index is 12.9. The molecule has 0 amide bonds. The number of nitrogens with zero attached hydrogens (tertiary/aromatic N) is 2. The molecule has 0 bridgehead atoms. The Morgan fingerprint density at radius 1 is 1.21 bits per heavy atom. The molecule has 1 heterocycles. The molecule has 1 aromatic heterocycles. The van der Waals surface area contributed by atoms with E-state index in [2.05, 4.69) is 32.6 Å². The highest BCUT2D eigenvalue weighted by molar-refractivity contribution is 14.1. The van der Waals surface area contributed by atoms with Crippen LogP contribution in [-0.4, -0.2) is 9.97 Å². The van der Waals surface area contributed by atoms with Gasteiger partial charge in [-0.2, -0.15) is 0 Å². The summed E-state index contributed by atoms with van der Waals surface area (Å²) in [5, 5.41) is 0.523. The minimum atomic E-state index is -0.232. The van der Waals surface area contributed by atoms with E-state index in [0.717, 1.165) is 14.8 Å². The van der Waals surface area contributed by atoms with E-state index in [-0.39, 0.29) is 5.82 Å². The summed E-state index contributed by atoms with van der Waals surface area (Å²) < 4.78 is 13.8. The Morgan fingerprint density at radius 2 is 1.89 bits per heavy atom. The van der Waals surface area contributed by atoms with E-state index in [0.29, 0.717) is 23.3 Å². The van der Waals surface area contributed by atoms with Gasteiger partial charge in [-0.05, 0) is 53.1 Å². The fraction of sp³-hybridized carbons (Fsp3) is 0.286. The highest BCUT2D eigenvalue weighted by Crippen LogP contribution is 2.42. The molecule has 0 spiro atoms. The van der Waals surface area contributed by atoms with Crippen molar-refractivity contribution in [3.8, 4) is 0 Å². The zero-order chi connectivity index (χ0) is 13.4. The van der Waals surface area contributed by atoms with Crippen LogP contribution in [0.3, 0.4) is 0 Å². The molecule has 1 fully saturated rings. The van der Waals surface area contributed by atoms with Crippen molar-refractivity contribution in [3.05, 3.63) is 55.9 Å². The van der Waals surface area contributed by atoms with Gasteiger partial charge in [-0.1, -0.05) is 23.7 Å². The minimum Gasteiger partial charge on any atom is -0.236 e. The number of benzene rings is 1. The SMILES string of the molecule is Fc1ccc(Cc2nc(Cl)c(I)c(C3CC3)n2)cc1. The molecule has 2 nitrogen and oxygen atoms in total. The third kappa shape index (κ3) is 3.05. The molecule has 0 radical (unpaired) electrons. The lowest BCUT2D eigenvalue weighted by Crippen LogP contribution is -2.03. The van der Waals surface area contributed by atoms with Crippen LogP contribution in [-0.2, 0) is 6.42 Å². The monoisotopic (exact) mass is 388 g/mol. The predicted octanol–water partition coefficient (Wildman–Crippen LogP) is 4.34. The molecule has 0 N–H and O–H groups in total. The molecule has 19 heavy (non-hydrogen) atoms. The maximum absolute atomic E-state index is 12.9. The van der Waals surface area contributed by atoms with Crippen molar-refractivity contribution in [2.45, 2.75) is 25.2 Å². The fourth-order valence-corrected chi connectivity index (χ4v) is 2.85. The molecule has 1 aliphatic carbocycles. The van der Waals surface area contributed by atoms with Gasteiger partial charge >= 0.3 is 0 Å². The Hall–Kier alpha value is -0.750. The number of halogens is 3. The van der Waals surface area contributed by atoms with Gasteiger partial charge in [0.1, 0.15) is 16.8 Å². The average molecular weight is 389 g/mol. The summed E-state index contributed by atoms with van der Waals surface area (Å²) in [5.74, 6) is 1.02. The van der Waals surface area contributed by atoms with E-state index in [4.69, 9.17) is 11.6 Å². The molecule has 3 rings (SSSR count). The standard InChI is InChI=1S/C14H11ClFIN2/c15-14-12(17)13(9-3-4-9)18-11(19-14)7-8-1-5-10(16)6-2-8/h1-2,5-6,9H,3-4,7H2. The lowest BCUT2D eigenvalue weighted by atomic mass is 10.1. The summed E-state index contributed by atoms with van der Waals surface area (Å²) in [7, 11) is 0. The van der Waals surface area contributed by atoms with Gasteiger partial charge in [-0.25, -0.2) is 14.4 Å². The van der Waals surface area contributed by atoms with E-state index in [1.54, 1.807) is 12.1 Å². The highest BCUT2D eigenvalue weighted by Gasteiger charge is 2.29. The summed E-state index contributed by atoms with van der Waals surface area (Å²) >= 11 is 8.37. The Morgan fingerprint density at radius 3 is 2.53 bits per heavy atom. The van der Waals surface area contributed by atoms with Gasteiger partial charge in [-0.3, -0.25) is 0 Å². The molecule has 1 aliphatic rings. The Balaban J connectivity index is 1.90. The molecule has 0 aliphatic heterocycles. The van der Waals surface area contributed by atoms with Crippen molar-refractivity contribution in [2.75, 3.05) is 0 Å². The smallest absolute Gasteiger partial charge is 0.146 e. The fourth-order valence-electron chi connectivity index (χ4n) is 1.97. The summed E-state index contributed by atoms with van der Waals surface area (Å²) in [6, 6.07) is 6.40. The number of rotatable bonds is 3. The largest absolute Gasteiger partial charge is 0.236 e. The first-order valence-corrected chi connectivity index (χ1v) is 7.55. The Kier molecular flexibility index (Phi) is 3.71. The molecule has 5 heteroatoms. The Labute approximate surface area is 129 Å². The number of hydrogen-bond acceptors (Lipinski definition) is 2. The lowest BCUT2D eigenvalue weighted by Gasteiger charge is -2.07. The third-order valence-corrected chi connectivity index (χ3v) is 4.78. The molecule has 0 atom stereocenters. The van der Waals surface area contributed by atoms with Crippen molar-refractivity contribution in [3.63, 3.8) is 0 Å². The summed E-state index contributed by atoms with van der Waals surface area (Å²) in [6.45, 7) is 0. The van der Waals surface area contributed by atoms with Crippen LogP contribution in [0.4, 0.5) is 4.39 Å². The molecule has 1 aromatic carbocycles. The first kappa shape index (κ1) is 13.2. The highest BCUT2D eigenvalue weighted by atomic mass is 127. The van der Waals surface area contributed by atoms with E-state index in [1.807, 2.05) is 0 Å². The van der Waals surface area contributed by atoms with Crippen molar-refractivity contribution < 1.29 is 4.39 Å². The van der Waals surface area contributed by atoms with Gasteiger partial charge in [0.25, 0.3) is 0 Å². The topological polar surface area (TPSA) is 25.8 Å². The summed E-state index contributed by atoms with van der Waals surface area (Å²) in [4.78, 5) is 8.93. The molecule has 98 valence electrons. The summed E-state index contributed by atoms with van der Waals surface area (Å²) in [5.41, 5.74) is 2.05. The van der Waals surface area contributed by atoms with Crippen molar-refractivity contribution in [1.82, 2.24) is 9.97 Å². The minimum absolute atomic E-state index is 0.232. The molecule has 0 unspecified atom stereocenters. The Bertz CT molecular complexity index is 612. The van der Waals surface area contributed by atoms with Gasteiger partial charge in [-0.15, -0.1) is 0 Å². The van der Waals surface area contributed by atoms with E-state index in [9.17, 15) is 4.39 Å². The lowest BCUT2D eigenvalue weighted by molar-refractivity contribution is 0.627. The van der Waals surface area contributed by atoms with Crippen LogP contribution >= 0.6 is 34.2 Å². The van der Waals surface area contributed by atoms with Crippen LogP contribution in [0.15, 0.2) is 24.3 Å². The van der Waals surface area contributed by atoms with Crippen LogP contribution in [0.5, 0.6) is 0 Å². The maximum Gasteiger partial charge on any atom is 0.146 e. The molecule has 1 saturated carbocycles. The quantitative estimate of drug-likeness (QED) is 0.577. The van der Waals surface area contributed by atoms with Gasteiger partial charge in [0, 0.05) is 12.3 Å². The van der Waals surface area contributed by atoms with Crippen molar-refractivity contribution in [2.24, 2.45) is 0 Å². The molecule has 2 aromatic rings. The average Bonchev–Trinajstić information content (AvgIpc) is 3.21. The first-order chi connectivity index (χ1) is 9.13. The van der Waals surface area contributed by atoms with E-state index < -0.39 is 0 Å². The van der Waals surface area contributed by atoms with E-state index in [1.165, 1.54) is 25.0 Å². The second-order valence-electron chi connectivity index (χ2n) is 4.71. The van der Waals surface area contributed by atoms with Gasteiger partial charge in [0.2, 0.25) is 0 Å². The molecule has 0 saturated heterocycles. The zero-order valence-electron chi connectivity index (χ0n) is 10.0. The van der Waals surface area contributed by atoms with Gasteiger partial charge in [0.05, 0.1) is 9.26 Å². The second kappa shape index (κ2) is 5.32.